The number of piperazine rings is 1. The summed E-state index contributed by atoms with van der Waals surface area (Å²) in [7, 11) is 0. The third kappa shape index (κ3) is 3.19. The number of nitrogens with zero attached hydrogens (tertiary/aromatic N) is 2. The van der Waals surface area contributed by atoms with Crippen LogP contribution in [0.4, 0.5) is 0 Å². The third-order valence-corrected chi connectivity index (χ3v) is 5.32. The van der Waals surface area contributed by atoms with Crippen molar-refractivity contribution in [2.24, 2.45) is 5.73 Å². The summed E-state index contributed by atoms with van der Waals surface area (Å²) in [4.78, 5) is 6.54. The van der Waals surface area contributed by atoms with Crippen LogP contribution in [0.5, 0.6) is 0 Å². The van der Waals surface area contributed by atoms with Gasteiger partial charge in [0.25, 0.3) is 0 Å². The van der Waals surface area contributed by atoms with Crippen LogP contribution in [-0.4, -0.2) is 54.8 Å². The van der Waals surface area contributed by atoms with Crippen LogP contribution < -0.4 is 5.73 Å². The second kappa shape index (κ2) is 6.48. The van der Waals surface area contributed by atoms with Crippen LogP contribution in [-0.2, 0) is 0 Å². The zero-order valence-electron chi connectivity index (χ0n) is 12.3. The van der Waals surface area contributed by atoms with Crippen LogP contribution in [0.15, 0.2) is 29.2 Å². The van der Waals surface area contributed by atoms with E-state index in [0.29, 0.717) is 12.6 Å². The van der Waals surface area contributed by atoms with Crippen molar-refractivity contribution in [1.29, 1.82) is 0 Å². The standard InChI is InChI=1S/C16H25N3S/c1-20-15-6-2-13(3-7-15)16(12-17)19-10-8-18(9-11-19)14-4-5-14/h2-3,6-7,14,16H,4-5,8-12,17H2,1H3. The van der Waals surface area contributed by atoms with E-state index >= 15 is 0 Å². The smallest absolute Gasteiger partial charge is 0.0471 e. The molecule has 0 aromatic heterocycles. The molecule has 1 aromatic rings. The average Bonchev–Trinajstić information content (AvgIpc) is 3.34. The van der Waals surface area contributed by atoms with Crippen molar-refractivity contribution >= 4 is 11.8 Å². The molecule has 1 aromatic carbocycles. The maximum atomic E-state index is 6.05. The van der Waals surface area contributed by atoms with Crippen molar-refractivity contribution in [3.63, 3.8) is 0 Å². The van der Waals surface area contributed by atoms with Crippen LogP contribution in [0.3, 0.4) is 0 Å². The Labute approximate surface area is 126 Å². The van der Waals surface area contributed by atoms with Gasteiger partial charge in [0.05, 0.1) is 0 Å². The molecule has 1 aliphatic carbocycles. The zero-order chi connectivity index (χ0) is 13.9. The average molecular weight is 291 g/mol. The van der Waals surface area contributed by atoms with Crippen molar-refractivity contribution in [3.8, 4) is 0 Å². The minimum atomic E-state index is 0.382. The van der Waals surface area contributed by atoms with E-state index in [9.17, 15) is 0 Å². The van der Waals surface area contributed by atoms with Gasteiger partial charge in [-0.25, -0.2) is 0 Å². The topological polar surface area (TPSA) is 32.5 Å². The van der Waals surface area contributed by atoms with E-state index in [0.717, 1.165) is 19.1 Å². The fourth-order valence-electron chi connectivity index (χ4n) is 3.18. The number of benzene rings is 1. The van der Waals surface area contributed by atoms with Gasteiger partial charge in [0.2, 0.25) is 0 Å². The number of hydrogen-bond acceptors (Lipinski definition) is 4. The molecule has 1 heterocycles. The highest BCUT2D eigenvalue weighted by molar-refractivity contribution is 7.98. The van der Waals surface area contributed by atoms with E-state index in [4.69, 9.17) is 5.73 Å². The molecule has 0 bridgehead atoms. The summed E-state index contributed by atoms with van der Waals surface area (Å²) in [6.45, 7) is 5.45. The van der Waals surface area contributed by atoms with Gasteiger partial charge in [0.15, 0.2) is 0 Å². The number of hydrogen-bond donors (Lipinski definition) is 1. The van der Waals surface area contributed by atoms with Gasteiger partial charge in [-0.2, -0.15) is 0 Å². The Balaban J connectivity index is 1.63. The van der Waals surface area contributed by atoms with Crippen LogP contribution in [0.1, 0.15) is 24.4 Å². The second-order valence-electron chi connectivity index (χ2n) is 5.83. The third-order valence-electron chi connectivity index (χ3n) is 4.58. The lowest BCUT2D eigenvalue weighted by Crippen LogP contribution is -2.49. The molecule has 1 saturated heterocycles. The van der Waals surface area contributed by atoms with Crippen LogP contribution >= 0.6 is 11.8 Å². The fourth-order valence-corrected chi connectivity index (χ4v) is 3.58. The molecule has 0 radical (unpaired) electrons. The van der Waals surface area contributed by atoms with Gasteiger partial charge in [-0.05, 0) is 36.8 Å². The Morgan fingerprint density at radius 1 is 1.15 bits per heavy atom. The van der Waals surface area contributed by atoms with Crippen molar-refractivity contribution in [1.82, 2.24) is 9.80 Å². The molecule has 1 saturated carbocycles. The SMILES string of the molecule is CSc1ccc(C(CN)N2CCN(C3CC3)CC2)cc1. The van der Waals surface area contributed by atoms with E-state index in [1.165, 1.54) is 36.4 Å². The molecule has 2 aliphatic rings. The van der Waals surface area contributed by atoms with Crippen molar-refractivity contribution < 1.29 is 0 Å². The van der Waals surface area contributed by atoms with Gasteiger partial charge >= 0.3 is 0 Å². The molecule has 1 unspecified atom stereocenters. The van der Waals surface area contributed by atoms with Crippen molar-refractivity contribution in [2.75, 3.05) is 39.0 Å². The summed E-state index contributed by atoms with van der Waals surface area (Å²) in [5.41, 5.74) is 7.42. The van der Waals surface area contributed by atoms with Crippen LogP contribution in [0.2, 0.25) is 0 Å². The first-order valence-corrected chi connectivity index (χ1v) is 8.86. The first-order chi connectivity index (χ1) is 9.81. The Morgan fingerprint density at radius 3 is 2.30 bits per heavy atom. The van der Waals surface area contributed by atoms with Gasteiger partial charge in [-0.3, -0.25) is 9.80 Å². The van der Waals surface area contributed by atoms with E-state index in [2.05, 4.69) is 40.3 Å². The normalized spacial score (nSPS) is 22.9. The lowest BCUT2D eigenvalue weighted by atomic mass is 10.0. The molecule has 0 amide bonds. The Morgan fingerprint density at radius 2 is 1.80 bits per heavy atom. The molecule has 20 heavy (non-hydrogen) atoms. The summed E-state index contributed by atoms with van der Waals surface area (Å²) in [6, 6.07) is 10.2. The first-order valence-electron chi connectivity index (χ1n) is 7.64. The Bertz CT molecular complexity index is 422. The fraction of sp³-hybridized carbons (Fsp3) is 0.625. The Kier molecular flexibility index (Phi) is 4.66. The molecule has 4 heteroatoms. The van der Waals surface area contributed by atoms with E-state index in [-0.39, 0.29) is 0 Å². The highest BCUT2D eigenvalue weighted by Gasteiger charge is 2.32. The summed E-state index contributed by atoms with van der Waals surface area (Å²) in [5.74, 6) is 0. The minimum Gasteiger partial charge on any atom is -0.329 e. The van der Waals surface area contributed by atoms with Crippen molar-refractivity contribution in [3.05, 3.63) is 29.8 Å². The Hall–Kier alpha value is -0.550. The lowest BCUT2D eigenvalue weighted by molar-refractivity contribution is 0.0938. The monoisotopic (exact) mass is 291 g/mol. The molecule has 3 nitrogen and oxygen atoms in total. The van der Waals surface area contributed by atoms with Crippen LogP contribution in [0, 0.1) is 0 Å². The molecule has 0 spiro atoms. The summed E-state index contributed by atoms with van der Waals surface area (Å²) in [6.07, 6.45) is 4.94. The number of thioether (sulfide) groups is 1. The van der Waals surface area contributed by atoms with Gasteiger partial charge < -0.3 is 5.73 Å². The summed E-state index contributed by atoms with van der Waals surface area (Å²) in [5, 5.41) is 0. The predicted molar refractivity (Wildman–Crippen MR) is 86.2 cm³/mol. The second-order valence-corrected chi connectivity index (χ2v) is 6.71. The maximum absolute atomic E-state index is 6.05. The molecular weight excluding hydrogens is 266 g/mol. The molecule has 2 fully saturated rings. The predicted octanol–water partition coefficient (Wildman–Crippen LogP) is 2.19. The van der Waals surface area contributed by atoms with Gasteiger partial charge in [0.1, 0.15) is 0 Å². The quantitative estimate of drug-likeness (QED) is 0.843. The van der Waals surface area contributed by atoms with Gasteiger partial charge in [-0.1, -0.05) is 12.1 Å². The highest BCUT2D eigenvalue weighted by Crippen LogP contribution is 2.29. The van der Waals surface area contributed by atoms with Gasteiger partial charge in [-0.15, -0.1) is 11.8 Å². The lowest BCUT2D eigenvalue weighted by Gasteiger charge is -2.39. The zero-order valence-corrected chi connectivity index (χ0v) is 13.1. The number of nitrogens with two attached hydrogens (primary N) is 1. The van der Waals surface area contributed by atoms with E-state index < -0.39 is 0 Å². The minimum absolute atomic E-state index is 0.382. The maximum Gasteiger partial charge on any atom is 0.0471 e. The largest absolute Gasteiger partial charge is 0.329 e. The molecular formula is C16H25N3S. The van der Waals surface area contributed by atoms with Gasteiger partial charge in [0, 0.05) is 49.7 Å². The molecule has 1 atom stereocenters. The molecule has 2 N–H and O–H groups in total. The summed E-state index contributed by atoms with van der Waals surface area (Å²) >= 11 is 1.79. The van der Waals surface area contributed by atoms with Crippen LogP contribution in [0.25, 0.3) is 0 Å². The van der Waals surface area contributed by atoms with E-state index in [1.807, 2.05) is 0 Å². The highest BCUT2D eigenvalue weighted by atomic mass is 32.2. The number of rotatable bonds is 5. The molecule has 1 aliphatic heterocycles. The molecule has 110 valence electrons. The first kappa shape index (κ1) is 14.4. The molecule has 3 rings (SSSR count). The van der Waals surface area contributed by atoms with E-state index in [1.54, 1.807) is 11.8 Å². The summed E-state index contributed by atoms with van der Waals surface area (Å²) < 4.78 is 0. The van der Waals surface area contributed by atoms with Crippen molar-refractivity contribution in [2.45, 2.75) is 29.8 Å².